The fourth-order valence-electron chi connectivity index (χ4n) is 10.7. The maximum absolute atomic E-state index is 5.54. The van der Waals surface area contributed by atoms with E-state index in [0.29, 0.717) is 17.5 Å². The van der Waals surface area contributed by atoms with Crippen molar-refractivity contribution in [3.8, 4) is 51.0 Å². The van der Waals surface area contributed by atoms with E-state index in [9.17, 15) is 0 Å². The Labute approximate surface area is 405 Å². The minimum absolute atomic E-state index is 0.601. The zero-order chi connectivity index (χ0) is 45.7. The summed E-state index contributed by atoms with van der Waals surface area (Å²) in [4.78, 5) is 16.6. The summed E-state index contributed by atoms with van der Waals surface area (Å²) in [5, 5.41) is 10.1. The molecule has 0 fully saturated rings. The Balaban J connectivity index is 1.08. The van der Waals surface area contributed by atoms with Crippen LogP contribution in [0.4, 0.5) is 0 Å². The number of hydrogen-bond acceptors (Lipinski definition) is 4. The molecule has 0 aliphatic heterocycles. The van der Waals surface area contributed by atoms with Crippen molar-refractivity contribution in [3.05, 3.63) is 255 Å². The van der Waals surface area contributed by atoms with E-state index in [2.05, 4.69) is 259 Å². The van der Waals surface area contributed by atoms with Crippen molar-refractivity contribution in [1.82, 2.24) is 19.5 Å². The lowest BCUT2D eigenvalue weighted by molar-refractivity contribution is 1.06. The second kappa shape index (κ2) is 17.0. The lowest BCUT2D eigenvalue weighted by atomic mass is 9.95. The number of fused-ring (bicyclic) bond motifs is 6. The van der Waals surface area contributed by atoms with E-state index in [-0.39, 0.29) is 0 Å². The van der Waals surface area contributed by atoms with Crippen molar-refractivity contribution < 1.29 is 0 Å². The number of benzene rings is 10. The minimum atomic E-state index is -2.89. The number of rotatable bonds is 9. The summed E-state index contributed by atoms with van der Waals surface area (Å²) < 4.78 is 4.88. The Bertz CT molecular complexity index is 3880. The van der Waals surface area contributed by atoms with E-state index in [0.717, 1.165) is 44.5 Å². The Hall–Kier alpha value is -8.55. The topological polar surface area (TPSA) is 43.6 Å². The van der Waals surface area contributed by atoms with Crippen LogP contribution in [-0.2, 0) is 0 Å². The van der Waals surface area contributed by atoms with E-state index < -0.39 is 8.07 Å². The van der Waals surface area contributed by atoms with Crippen LogP contribution in [-0.4, -0.2) is 27.6 Å². The lowest BCUT2D eigenvalue weighted by Gasteiger charge is -2.34. The van der Waals surface area contributed by atoms with Crippen LogP contribution in [0.15, 0.2) is 255 Å². The van der Waals surface area contributed by atoms with Crippen LogP contribution in [0, 0.1) is 0 Å². The molecule has 0 bridgehead atoms. The minimum Gasteiger partial charge on any atom is -0.309 e. The van der Waals surface area contributed by atoms with Gasteiger partial charge in [-0.05, 0) is 68.3 Å². The summed E-state index contributed by atoms with van der Waals surface area (Å²) in [6, 6.07) is 92.0. The number of nitrogens with zero attached hydrogens (tertiary/aromatic N) is 4. The predicted molar refractivity (Wildman–Crippen MR) is 292 cm³/mol. The van der Waals surface area contributed by atoms with Gasteiger partial charge in [0.2, 0.25) is 0 Å². The summed E-state index contributed by atoms with van der Waals surface area (Å²) >= 11 is 1.83. The molecule has 324 valence electrons. The highest BCUT2D eigenvalue weighted by atomic mass is 32.1. The van der Waals surface area contributed by atoms with Crippen LogP contribution < -0.4 is 20.7 Å². The zero-order valence-corrected chi connectivity index (χ0v) is 39.3. The molecule has 0 aliphatic carbocycles. The zero-order valence-electron chi connectivity index (χ0n) is 37.4. The van der Waals surface area contributed by atoms with E-state index in [4.69, 9.17) is 15.0 Å². The number of thiophene rings is 1. The average Bonchev–Trinajstić information content (AvgIpc) is 3.98. The summed E-state index contributed by atoms with van der Waals surface area (Å²) in [5.74, 6) is 1.83. The third kappa shape index (κ3) is 6.75. The molecular weight excluding hydrogens is 873 g/mol. The SMILES string of the molecule is c1ccc([Si](c2ccccc2)(c2ccccc2)c2cccc(-c3nc(-c4ccccc4-c4cccc5sc6ccccc6c45)nc(-c4ccccc4-n4c5ccccc5c5ccccc54)n3)c2)cc1. The molecule has 6 heteroatoms. The Kier molecular flexibility index (Phi) is 10.00. The number of para-hydroxylation sites is 3. The van der Waals surface area contributed by atoms with Gasteiger partial charge in [0.1, 0.15) is 0 Å². The van der Waals surface area contributed by atoms with Crippen molar-refractivity contribution >= 4 is 82.1 Å². The van der Waals surface area contributed by atoms with Gasteiger partial charge in [-0.15, -0.1) is 11.3 Å². The van der Waals surface area contributed by atoms with Gasteiger partial charge in [0.25, 0.3) is 0 Å². The second-order valence-corrected chi connectivity index (χ2v) is 22.3. The van der Waals surface area contributed by atoms with Crippen LogP contribution in [0.1, 0.15) is 0 Å². The summed E-state index contributed by atoms with van der Waals surface area (Å²) in [5.41, 5.74) is 8.25. The second-order valence-electron chi connectivity index (χ2n) is 17.4. The number of hydrogen-bond donors (Lipinski definition) is 0. The molecule has 0 N–H and O–H groups in total. The first kappa shape index (κ1) is 40.7. The molecule has 13 aromatic rings. The molecule has 69 heavy (non-hydrogen) atoms. The molecule has 0 spiro atoms. The van der Waals surface area contributed by atoms with Gasteiger partial charge in [0.05, 0.1) is 16.7 Å². The molecule has 0 atom stereocenters. The molecule has 0 unspecified atom stereocenters. The van der Waals surface area contributed by atoms with Gasteiger partial charge < -0.3 is 4.57 Å². The molecular formula is C63H42N4SSi. The molecule has 4 nitrogen and oxygen atoms in total. The van der Waals surface area contributed by atoms with E-state index >= 15 is 0 Å². The summed E-state index contributed by atoms with van der Waals surface area (Å²) in [7, 11) is -2.89. The molecule has 0 saturated carbocycles. The first-order valence-corrected chi connectivity index (χ1v) is 26.2. The van der Waals surface area contributed by atoms with Crippen molar-refractivity contribution in [3.63, 3.8) is 0 Å². The van der Waals surface area contributed by atoms with Crippen molar-refractivity contribution in [2.24, 2.45) is 0 Å². The quantitative estimate of drug-likeness (QED) is 0.107. The van der Waals surface area contributed by atoms with Crippen LogP contribution in [0.3, 0.4) is 0 Å². The fourth-order valence-corrected chi connectivity index (χ4v) is 16.6. The van der Waals surface area contributed by atoms with Gasteiger partial charge in [-0.2, -0.15) is 0 Å². The van der Waals surface area contributed by atoms with E-state index in [1.807, 2.05) is 11.3 Å². The number of aromatic nitrogens is 4. The van der Waals surface area contributed by atoms with Crippen molar-refractivity contribution in [2.45, 2.75) is 0 Å². The van der Waals surface area contributed by atoms with Crippen LogP contribution >= 0.6 is 11.3 Å². The van der Waals surface area contributed by atoms with Crippen LogP contribution in [0.25, 0.3) is 93.0 Å². The molecule has 0 amide bonds. The summed E-state index contributed by atoms with van der Waals surface area (Å²) in [6.45, 7) is 0. The Morgan fingerprint density at radius 1 is 0.319 bits per heavy atom. The van der Waals surface area contributed by atoms with Gasteiger partial charge >= 0.3 is 0 Å². The van der Waals surface area contributed by atoms with Gasteiger partial charge in [-0.25, -0.2) is 15.0 Å². The first-order chi connectivity index (χ1) is 34.2. The highest BCUT2D eigenvalue weighted by Crippen LogP contribution is 2.43. The van der Waals surface area contributed by atoms with Crippen LogP contribution in [0.2, 0.25) is 0 Å². The third-order valence-electron chi connectivity index (χ3n) is 13.6. The van der Waals surface area contributed by atoms with E-state index in [1.54, 1.807) is 0 Å². The molecule has 3 heterocycles. The smallest absolute Gasteiger partial charge is 0.179 e. The van der Waals surface area contributed by atoms with Gasteiger partial charge in [0.15, 0.2) is 25.5 Å². The largest absolute Gasteiger partial charge is 0.309 e. The standard InChI is InChI=1S/C63H42N4SSi/c1-4-23-44(24-5-1)69(45-25-6-2-7-26-45,46-27-8-3-9-28-46)47-29-20-22-43(42-47)61-64-62(52-33-11-10-30-48(52)51-36-21-41-59-60(51)54-35-15-19-40-58(54)68-59)66-63(65-61)53-34-14-18-39-57(53)67-55-37-16-12-31-49(55)50-32-13-17-38-56(50)67/h1-42H. The monoisotopic (exact) mass is 914 g/mol. The molecule has 3 aromatic heterocycles. The highest BCUT2D eigenvalue weighted by molar-refractivity contribution is 7.26. The maximum Gasteiger partial charge on any atom is 0.179 e. The normalized spacial score (nSPS) is 11.8. The highest BCUT2D eigenvalue weighted by Gasteiger charge is 2.41. The maximum atomic E-state index is 5.54. The van der Waals surface area contributed by atoms with Crippen molar-refractivity contribution in [1.29, 1.82) is 0 Å². The molecule has 0 saturated heterocycles. The third-order valence-corrected chi connectivity index (χ3v) is 19.5. The van der Waals surface area contributed by atoms with E-state index in [1.165, 1.54) is 51.7 Å². The lowest BCUT2D eigenvalue weighted by Crippen LogP contribution is -2.74. The molecule has 13 rings (SSSR count). The first-order valence-electron chi connectivity index (χ1n) is 23.4. The van der Waals surface area contributed by atoms with Gasteiger partial charge in [-0.3, -0.25) is 0 Å². The summed E-state index contributed by atoms with van der Waals surface area (Å²) in [6.07, 6.45) is 0. The molecule has 0 aliphatic rings. The van der Waals surface area contributed by atoms with Gasteiger partial charge in [0, 0.05) is 47.6 Å². The Morgan fingerprint density at radius 3 is 1.42 bits per heavy atom. The fraction of sp³-hybridized carbons (Fsp3) is 0. The van der Waals surface area contributed by atoms with Crippen LogP contribution in [0.5, 0.6) is 0 Å². The van der Waals surface area contributed by atoms with Crippen molar-refractivity contribution in [2.75, 3.05) is 0 Å². The van der Waals surface area contributed by atoms with Gasteiger partial charge in [-0.1, -0.05) is 218 Å². The average molecular weight is 915 g/mol. The molecule has 0 radical (unpaired) electrons. The molecule has 10 aromatic carbocycles. The predicted octanol–water partition coefficient (Wildman–Crippen LogP) is 13.4. The Morgan fingerprint density at radius 2 is 0.768 bits per heavy atom.